The van der Waals surface area contributed by atoms with Gasteiger partial charge in [-0.05, 0) is 31.9 Å². The molecule has 3 rings (SSSR count). The van der Waals surface area contributed by atoms with E-state index in [1.807, 2.05) is 20.8 Å². The molecular formula is C15H16N4O2S. The fraction of sp³-hybridized carbons (Fsp3) is 0.267. The Kier molecular flexibility index (Phi) is 3.58. The molecule has 1 amide bonds. The standard InChI is InChI=1S/C15H16N4O2S/c1-9-10(2)14(22-11(9)3)17-12(20)8-19-7-6-18-5-4-16-13(18)15(19)21/h4-7H,8H2,1-3H3,(H,17,20). The third kappa shape index (κ3) is 2.43. The summed E-state index contributed by atoms with van der Waals surface area (Å²) in [5, 5.41) is 3.72. The van der Waals surface area contributed by atoms with Gasteiger partial charge in [-0.15, -0.1) is 11.3 Å². The molecule has 7 heteroatoms. The Hall–Kier alpha value is -2.41. The highest BCUT2D eigenvalue weighted by Crippen LogP contribution is 2.31. The molecule has 0 radical (unpaired) electrons. The zero-order valence-corrected chi connectivity index (χ0v) is 13.4. The topological polar surface area (TPSA) is 68.4 Å². The zero-order chi connectivity index (χ0) is 15.9. The Bertz CT molecular complexity index is 919. The number of hydrogen-bond donors (Lipinski definition) is 1. The summed E-state index contributed by atoms with van der Waals surface area (Å²) in [6.07, 6.45) is 6.56. The first-order valence-corrected chi connectivity index (χ1v) is 7.67. The number of thiophene rings is 1. The molecule has 0 aliphatic heterocycles. The molecule has 0 aliphatic carbocycles. The monoisotopic (exact) mass is 316 g/mol. The van der Waals surface area contributed by atoms with Crippen LogP contribution in [-0.2, 0) is 11.3 Å². The fourth-order valence-electron chi connectivity index (χ4n) is 2.25. The van der Waals surface area contributed by atoms with Crippen LogP contribution in [0, 0.1) is 20.8 Å². The van der Waals surface area contributed by atoms with Crippen LogP contribution in [0.3, 0.4) is 0 Å². The third-order valence-electron chi connectivity index (χ3n) is 3.78. The van der Waals surface area contributed by atoms with Crippen molar-refractivity contribution >= 4 is 27.9 Å². The number of carbonyl (C=O) groups excluding carboxylic acids is 1. The first-order chi connectivity index (χ1) is 10.5. The van der Waals surface area contributed by atoms with Gasteiger partial charge in [0.15, 0.2) is 0 Å². The highest BCUT2D eigenvalue weighted by atomic mass is 32.1. The van der Waals surface area contributed by atoms with Gasteiger partial charge in [-0.25, -0.2) is 4.98 Å². The van der Waals surface area contributed by atoms with E-state index in [-0.39, 0.29) is 18.0 Å². The van der Waals surface area contributed by atoms with E-state index in [1.165, 1.54) is 15.0 Å². The van der Waals surface area contributed by atoms with E-state index < -0.39 is 0 Å². The summed E-state index contributed by atoms with van der Waals surface area (Å²) in [4.78, 5) is 29.6. The average Bonchev–Trinajstić information content (AvgIpc) is 3.04. The minimum Gasteiger partial charge on any atom is -0.316 e. The van der Waals surface area contributed by atoms with E-state index in [2.05, 4.69) is 10.3 Å². The second-order valence-electron chi connectivity index (χ2n) is 5.17. The highest BCUT2D eigenvalue weighted by Gasteiger charge is 2.13. The molecule has 0 aromatic carbocycles. The first-order valence-electron chi connectivity index (χ1n) is 6.86. The molecule has 114 valence electrons. The Morgan fingerprint density at radius 2 is 2.00 bits per heavy atom. The van der Waals surface area contributed by atoms with E-state index >= 15 is 0 Å². The van der Waals surface area contributed by atoms with Crippen molar-refractivity contribution in [1.29, 1.82) is 0 Å². The number of fused-ring (bicyclic) bond motifs is 1. The van der Waals surface area contributed by atoms with Crippen LogP contribution in [0.2, 0.25) is 0 Å². The van der Waals surface area contributed by atoms with Crippen molar-refractivity contribution in [2.24, 2.45) is 0 Å². The quantitative estimate of drug-likeness (QED) is 0.805. The Balaban J connectivity index is 1.82. The van der Waals surface area contributed by atoms with Crippen LogP contribution in [0.5, 0.6) is 0 Å². The highest BCUT2D eigenvalue weighted by molar-refractivity contribution is 7.16. The summed E-state index contributed by atoms with van der Waals surface area (Å²) in [5.74, 6) is -0.220. The van der Waals surface area contributed by atoms with Crippen LogP contribution >= 0.6 is 11.3 Å². The molecule has 1 N–H and O–H groups in total. The molecular weight excluding hydrogens is 300 g/mol. The largest absolute Gasteiger partial charge is 0.316 e. The van der Waals surface area contributed by atoms with Gasteiger partial charge < -0.3 is 14.3 Å². The Morgan fingerprint density at radius 3 is 2.68 bits per heavy atom. The van der Waals surface area contributed by atoms with Crippen LogP contribution in [0.25, 0.3) is 5.65 Å². The summed E-state index contributed by atoms with van der Waals surface area (Å²) in [7, 11) is 0. The Labute approximate surface area is 131 Å². The van der Waals surface area contributed by atoms with E-state index in [1.54, 1.807) is 40.5 Å². The van der Waals surface area contributed by atoms with E-state index in [0.29, 0.717) is 5.65 Å². The van der Waals surface area contributed by atoms with Gasteiger partial charge in [0.25, 0.3) is 5.56 Å². The maximum absolute atomic E-state index is 12.2. The molecule has 0 bridgehead atoms. The number of hydrogen-bond acceptors (Lipinski definition) is 4. The number of aryl methyl sites for hydroxylation is 1. The molecule has 0 saturated heterocycles. The predicted octanol–water partition coefficient (Wildman–Crippen LogP) is 2.12. The number of nitrogens with one attached hydrogen (secondary N) is 1. The number of amides is 1. The van der Waals surface area contributed by atoms with Crippen LogP contribution in [0.15, 0.2) is 29.6 Å². The van der Waals surface area contributed by atoms with Crippen LogP contribution in [0.4, 0.5) is 5.00 Å². The number of rotatable bonds is 3. The minimum absolute atomic E-state index is 0.0301. The maximum Gasteiger partial charge on any atom is 0.294 e. The van der Waals surface area contributed by atoms with E-state index in [0.717, 1.165) is 10.6 Å². The van der Waals surface area contributed by atoms with Crippen molar-refractivity contribution in [3.8, 4) is 0 Å². The number of anilines is 1. The molecule has 22 heavy (non-hydrogen) atoms. The van der Waals surface area contributed by atoms with Crippen molar-refractivity contribution in [1.82, 2.24) is 14.0 Å². The third-order valence-corrected chi connectivity index (χ3v) is 5.01. The maximum atomic E-state index is 12.2. The SMILES string of the molecule is Cc1sc(NC(=O)Cn2ccn3ccnc3c2=O)c(C)c1C. The summed E-state index contributed by atoms with van der Waals surface area (Å²) in [5.41, 5.74) is 2.30. The molecule has 0 saturated carbocycles. The lowest BCUT2D eigenvalue weighted by Crippen LogP contribution is -2.28. The van der Waals surface area contributed by atoms with Crippen molar-refractivity contribution in [3.05, 3.63) is 51.1 Å². The van der Waals surface area contributed by atoms with Gasteiger partial charge in [0.2, 0.25) is 11.6 Å². The molecule has 0 spiro atoms. The lowest BCUT2D eigenvalue weighted by molar-refractivity contribution is -0.116. The van der Waals surface area contributed by atoms with Crippen LogP contribution < -0.4 is 10.9 Å². The summed E-state index contributed by atoms with van der Waals surface area (Å²) < 4.78 is 2.99. The van der Waals surface area contributed by atoms with Crippen LogP contribution in [0.1, 0.15) is 16.0 Å². The van der Waals surface area contributed by atoms with Gasteiger partial charge >= 0.3 is 0 Å². The van der Waals surface area contributed by atoms with Gasteiger partial charge in [0.1, 0.15) is 6.54 Å². The van der Waals surface area contributed by atoms with Crippen molar-refractivity contribution < 1.29 is 4.79 Å². The Morgan fingerprint density at radius 1 is 1.23 bits per heavy atom. The van der Waals surface area contributed by atoms with Gasteiger partial charge in [0, 0.05) is 29.7 Å². The molecule has 0 fully saturated rings. The minimum atomic E-state index is -0.280. The number of imidazole rings is 1. The van der Waals surface area contributed by atoms with Gasteiger partial charge in [0.05, 0.1) is 5.00 Å². The number of nitrogens with zero attached hydrogens (tertiary/aromatic N) is 3. The summed E-state index contributed by atoms with van der Waals surface area (Å²) >= 11 is 1.55. The second kappa shape index (κ2) is 5.42. The molecule has 0 unspecified atom stereocenters. The van der Waals surface area contributed by atoms with Gasteiger partial charge in [-0.3, -0.25) is 9.59 Å². The second-order valence-corrected chi connectivity index (χ2v) is 6.40. The normalized spacial score (nSPS) is 11.0. The zero-order valence-electron chi connectivity index (χ0n) is 12.6. The summed E-state index contributed by atoms with van der Waals surface area (Å²) in [6, 6.07) is 0. The average molecular weight is 316 g/mol. The lowest BCUT2D eigenvalue weighted by Gasteiger charge is -2.07. The fourth-order valence-corrected chi connectivity index (χ4v) is 3.34. The molecule has 3 heterocycles. The lowest BCUT2D eigenvalue weighted by atomic mass is 10.2. The smallest absolute Gasteiger partial charge is 0.294 e. The van der Waals surface area contributed by atoms with Crippen molar-refractivity contribution in [2.45, 2.75) is 27.3 Å². The predicted molar refractivity (Wildman–Crippen MR) is 86.6 cm³/mol. The molecule has 0 atom stereocenters. The van der Waals surface area contributed by atoms with Crippen molar-refractivity contribution in [3.63, 3.8) is 0 Å². The van der Waals surface area contributed by atoms with Crippen molar-refractivity contribution in [2.75, 3.05) is 5.32 Å². The van der Waals surface area contributed by atoms with E-state index in [4.69, 9.17) is 0 Å². The first kappa shape index (κ1) is 14.5. The number of aromatic nitrogens is 3. The molecule has 3 aromatic rings. The molecule has 3 aromatic heterocycles. The van der Waals surface area contributed by atoms with Gasteiger partial charge in [-0.2, -0.15) is 0 Å². The van der Waals surface area contributed by atoms with Crippen LogP contribution in [-0.4, -0.2) is 19.9 Å². The van der Waals surface area contributed by atoms with Gasteiger partial charge in [-0.1, -0.05) is 0 Å². The molecule has 6 nitrogen and oxygen atoms in total. The summed E-state index contributed by atoms with van der Waals surface area (Å²) in [6.45, 7) is 6.02. The number of carbonyl (C=O) groups is 1. The molecule has 0 aliphatic rings. The van der Waals surface area contributed by atoms with E-state index in [9.17, 15) is 9.59 Å².